The fourth-order valence-corrected chi connectivity index (χ4v) is 1.47. The predicted molar refractivity (Wildman–Crippen MR) is 57.0 cm³/mol. The normalized spacial score (nSPS) is 12.7. The van der Waals surface area contributed by atoms with Crippen molar-refractivity contribution in [2.24, 2.45) is 5.92 Å². The summed E-state index contributed by atoms with van der Waals surface area (Å²) in [6.45, 7) is 7.47. The number of ketones is 1. The van der Waals surface area contributed by atoms with E-state index >= 15 is 0 Å². The van der Waals surface area contributed by atoms with Crippen LogP contribution in [0.1, 0.15) is 40.5 Å². The van der Waals surface area contributed by atoms with Crippen LogP contribution < -0.4 is 0 Å². The molecule has 0 aliphatic heterocycles. The van der Waals surface area contributed by atoms with Crippen LogP contribution in [0.15, 0.2) is 0 Å². The number of nitrogens with zero attached hydrogens (tertiary/aromatic N) is 1. The van der Waals surface area contributed by atoms with Gasteiger partial charge in [-0.1, -0.05) is 20.8 Å². The van der Waals surface area contributed by atoms with Gasteiger partial charge in [0.05, 0.1) is 6.04 Å². The molecular weight excluding hydrogens is 178 g/mol. The van der Waals surface area contributed by atoms with E-state index in [1.807, 2.05) is 6.92 Å². The average Bonchev–Trinajstić information content (AvgIpc) is 2.11. The summed E-state index contributed by atoms with van der Waals surface area (Å²) in [6.07, 6.45) is 1.20. The number of Topliss-reactive ketones (excluding diaryl/α,β-unsaturated/α-hetero) is 1. The largest absolute Gasteiger partial charge is 0.336 e. The maximum atomic E-state index is 11.4. The SMILES string of the molecule is CCC(=O)N(C)[C@@H](CC(C)C)C(C)=O. The lowest BCUT2D eigenvalue weighted by Crippen LogP contribution is -2.41. The Balaban J connectivity index is 4.48. The molecule has 0 unspecified atom stereocenters. The van der Waals surface area contributed by atoms with E-state index in [0.29, 0.717) is 12.3 Å². The van der Waals surface area contributed by atoms with E-state index in [4.69, 9.17) is 0 Å². The Bertz CT molecular complexity index is 211. The van der Waals surface area contributed by atoms with Crippen LogP contribution in [0.25, 0.3) is 0 Å². The molecule has 0 saturated carbocycles. The van der Waals surface area contributed by atoms with Gasteiger partial charge in [-0.15, -0.1) is 0 Å². The standard InChI is InChI=1S/C11H21NO2/c1-6-11(14)12(5)10(9(4)13)7-8(2)3/h8,10H,6-7H2,1-5H3/t10-/m0/s1. The lowest BCUT2D eigenvalue weighted by molar-refractivity contribution is -0.137. The number of hydrogen-bond acceptors (Lipinski definition) is 2. The topological polar surface area (TPSA) is 37.4 Å². The molecule has 0 N–H and O–H groups in total. The maximum Gasteiger partial charge on any atom is 0.222 e. The molecule has 0 aromatic carbocycles. The van der Waals surface area contributed by atoms with Gasteiger partial charge in [0.1, 0.15) is 0 Å². The van der Waals surface area contributed by atoms with Gasteiger partial charge in [0.15, 0.2) is 5.78 Å². The Morgan fingerprint density at radius 1 is 1.29 bits per heavy atom. The summed E-state index contributed by atoms with van der Waals surface area (Å²) in [5.41, 5.74) is 0. The highest BCUT2D eigenvalue weighted by Gasteiger charge is 2.23. The smallest absolute Gasteiger partial charge is 0.222 e. The van der Waals surface area contributed by atoms with Gasteiger partial charge in [0, 0.05) is 13.5 Å². The lowest BCUT2D eigenvalue weighted by atomic mass is 9.99. The van der Waals surface area contributed by atoms with E-state index in [2.05, 4.69) is 13.8 Å². The van der Waals surface area contributed by atoms with Crippen LogP contribution in [0.3, 0.4) is 0 Å². The molecule has 82 valence electrons. The summed E-state index contributed by atoms with van der Waals surface area (Å²) in [7, 11) is 1.71. The molecule has 0 aromatic rings. The minimum Gasteiger partial charge on any atom is -0.336 e. The maximum absolute atomic E-state index is 11.4. The third-order valence-electron chi connectivity index (χ3n) is 2.33. The minimum atomic E-state index is -0.248. The van der Waals surface area contributed by atoms with Crippen molar-refractivity contribution in [1.29, 1.82) is 0 Å². The molecule has 0 rings (SSSR count). The van der Waals surface area contributed by atoms with Gasteiger partial charge in [-0.05, 0) is 19.3 Å². The fraction of sp³-hybridized carbons (Fsp3) is 0.818. The van der Waals surface area contributed by atoms with Gasteiger partial charge in [0.2, 0.25) is 5.91 Å². The number of rotatable bonds is 5. The highest BCUT2D eigenvalue weighted by atomic mass is 16.2. The minimum absolute atomic E-state index is 0.0332. The number of carbonyl (C=O) groups excluding carboxylic acids is 2. The Morgan fingerprint density at radius 3 is 2.07 bits per heavy atom. The lowest BCUT2D eigenvalue weighted by Gasteiger charge is -2.27. The zero-order chi connectivity index (χ0) is 11.3. The van der Waals surface area contributed by atoms with E-state index in [-0.39, 0.29) is 17.7 Å². The molecule has 0 aliphatic rings. The molecule has 0 saturated heterocycles. The second kappa shape index (κ2) is 5.78. The van der Waals surface area contributed by atoms with Crippen molar-refractivity contribution in [2.75, 3.05) is 7.05 Å². The first-order valence-electron chi connectivity index (χ1n) is 5.16. The summed E-state index contributed by atoms with van der Waals surface area (Å²) in [5, 5.41) is 0. The van der Waals surface area contributed by atoms with Crippen LogP contribution in [0, 0.1) is 5.92 Å². The highest BCUT2D eigenvalue weighted by Crippen LogP contribution is 2.12. The Labute approximate surface area is 86.5 Å². The van der Waals surface area contributed by atoms with Gasteiger partial charge in [-0.25, -0.2) is 0 Å². The second-order valence-electron chi connectivity index (χ2n) is 4.11. The predicted octanol–water partition coefficient (Wildman–Crippen LogP) is 1.86. The molecule has 1 amide bonds. The number of hydrogen-bond donors (Lipinski definition) is 0. The van der Waals surface area contributed by atoms with Gasteiger partial charge < -0.3 is 4.90 Å². The second-order valence-corrected chi connectivity index (χ2v) is 4.11. The Kier molecular flexibility index (Phi) is 5.43. The molecule has 0 aliphatic carbocycles. The van der Waals surface area contributed by atoms with Gasteiger partial charge >= 0.3 is 0 Å². The van der Waals surface area contributed by atoms with Crippen molar-refractivity contribution in [1.82, 2.24) is 4.90 Å². The van der Waals surface area contributed by atoms with Crippen LogP contribution in [-0.2, 0) is 9.59 Å². The monoisotopic (exact) mass is 199 g/mol. The van der Waals surface area contributed by atoms with Crippen LogP contribution in [0.2, 0.25) is 0 Å². The molecule has 0 fully saturated rings. The fourth-order valence-electron chi connectivity index (χ4n) is 1.47. The molecule has 1 atom stereocenters. The molecular formula is C11H21NO2. The highest BCUT2D eigenvalue weighted by molar-refractivity contribution is 5.87. The summed E-state index contributed by atoms with van der Waals surface area (Å²) >= 11 is 0. The van der Waals surface area contributed by atoms with E-state index in [1.165, 1.54) is 0 Å². The average molecular weight is 199 g/mol. The molecule has 0 aromatic heterocycles. The molecule has 0 heterocycles. The van der Waals surface area contributed by atoms with E-state index in [0.717, 1.165) is 6.42 Å². The van der Waals surface area contributed by atoms with Crippen LogP contribution >= 0.6 is 0 Å². The summed E-state index contributed by atoms with van der Waals surface area (Å²) < 4.78 is 0. The first-order valence-corrected chi connectivity index (χ1v) is 5.16. The zero-order valence-corrected chi connectivity index (χ0v) is 9.83. The van der Waals surface area contributed by atoms with Crippen molar-refractivity contribution in [3.05, 3.63) is 0 Å². The Morgan fingerprint density at radius 2 is 1.79 bits per heavy atom. The van der Waals surface area contributed by atoms with Gasteiger partial charge in [-0.3, -0.25) is 9.59 Å². The first kappa shape index (κ1) is 13.1. The number of carbonyl (C=O) groups is 2. The number of likely N-dealkylation sites (N-methyl/N-ethyl adjacent to an activating group) is 1. The molecule has 0 bridgehead atoms. The molecule has 3 nitrogen and oxygen atoms in total. The summed E-state index contributed by atoms with van der Waals surface area (Å²) in [4.78, 5) is 24.3. The van der Waals surface area contributed by atoms with E-state index in [9.17, 15) is 9.59 Å². The quantitative estimate of drug-likeness (QED) is 0.677. The number of amides is 1. The van der Waals surface area contributed by atoms with Gasteiger partial charge in [0.25, 0.3) is 0 Å². The molecule has 14 heavy (non-hydrogen) atoms. The van der Waals surface area contributed by atoms with Crippen molar-refractivity contribution in [2.45, 2.75) is 46.6 Å². The Hall–Kier alpha value is -0.860. The van der Waals surface area contributed by atoms with Crippen molar-refractivity contribution in [3.8, 4) is 0 Å². The summed E-state index contributed by atoms with van der Waals surface area (Å²) in [5.74, 6) is 0.532. The van der Waals surface area contributed by atoms with E-state index < -0.39 is 0 Å². The van der Waals surface area contributed by atoms with Crippen molar-refractivity contribution >= 4 is 11.7 Å². The third-order valence-corrected chi connectivity index (χ3v) is 2.33. The van der Waals surface area contributed by atoms with Crippen molar-refractivity contribution in [3.63, 3.8) is 0 Å². The molecule has 0 radical (unpaired) electrons. The summed E-state index contributed by atoms with van der Waals surface area (Å²) in [6, 6.07) is -0.248. The molecule has 0 spiro atoms. The van der Waals surface area contributed by atoms with Crippen LogP contribution in [0.5, 0.6) is 0 Å². The van der Waals surface area contributed by atoms with E-state index in [1.54, 1.807) is 18.9 Å². The zero-order valence-electron chi connectivity index (χ0n) is 9.83. The van der Waals surface area contributed by atoms with Crippen LogP contribution in [0.4, 0.5) is 0 Å². The van der Waals surface area contributed by atoms with Crippen molar-refractivity contribution < 1.29 is 9.59 Å². The van der Waals surface area contributed by atoms with Crippen LogP contribution in [-0.4, -0.2) is 29.7 Å². The van der Waals surface area contributed by atoms with Gasteiger partial charge in [-0.2, -0.15) is 0 Å². The third kappa shape index (κ3) is 3.90. The molecule has 3 heteroatoms. The first-order chi connectivity index (χ1) is 6.40.